The number of nitrogens with one attached hydrogen (secondary N) is 1. The first-order valence-corrected chi connectivity index (χ1v) is 6.85. The number of hydrogen-bond donors (Lipinski definition) is 1. The zero-order chi connectivity index (χ0) is 13.6. The van der Waals surface area contributed by atoms with Crippen molar-refractivity contribution in [3.05, 3.63) is 37.2 Å². The minimum atomic E-state index is 0.228. The highest BCUT2D eigenvalue weighted by Crippen LogP contribution is 2.24. The molecule has 6 nitrogen and oxygen atoms in total. The van der Waals surface area contributed by atoms with Crippen LogP contribution in [-0.4, -0.2) is 32.1 Å². The largest absolute Gasteiger partial charge is 0.473 e. The maximum absolute atomic E-state index is 5.82. The van der Waals surface area contributed by atoms with E-state index in [0.717, 1.165) is 31.5 Å². The van der Waals surface area contributed by atoms with Crippen LogP contribution in [0.3, 0.4) is 0 Å². The van der Waals surface area contributed by atoms with Crippen LogP contribution < -0.4 is 10.1 Å². The van der Waals surface area contributed by atoms with Crippen LogP contribution in [0.2, 0.25) is 0 Å². The predicted molar refractivity (Wildman–Crippen MR) is 74.4 cm³/mol. The van der Waals surface area contributed by atoms with Gasteiger partial charge in [0.1, 0.15) is 11.9 Å². The summed E-state index contributed by atoms with van der Waals surface area (Å²) in [6.45, 7) is 0. The molecule has 6 heteroatoms. The molecule has 1 fully saturated rings. The molecule has 1 aliphatic carbocycles. The molecule has 0 atom stereocenters. The van der Waals surface area contributed by atoms with E-state index >= 15 is 0 Å². The van der Waals surface area contributed by atoms with Gasteiger partial charge in [-0.15, -0.1) is 0 Å². The Hall–Kier alpha value is -2.24. The third kappa shape index (κ3) is 3.40. The van der Waals surface area contributed by atoms with Gasteiger partial charge in [0.25, 0.3) is 0 Å². The highest BCUT2D eigenvalue weighted by atomic mass is 16.5. The first-order chi connectivity index (χ1) is 9.90. The highest BCUT2D eigenvalue weighted by Gasteiger charge is 2.22. The van der Waals surface area contributed by atoms with Crippen LogP contribution in [0.25, 0.3) is 0 Å². The second kappa shape index (κ2) is 6.27. The van der Waals surface area contributed by atoms with Gasteiger partial charge in [-0.1, -0.05) is 0 Å². The van der Waals surface area contributed by atoms with Crippen molar-refractivity contribution in [3.8, 4) is 5.88 Å². The van der Waals surface area contributed by atoms with Gasteiger partial charge in [-0.2, -0.15) is 0 Å². The van der Waals surface area contributed by atoms with Gasteiger partial charge in [0.15, 0.2) is 0 Å². The molecule has 0 saturated heterocycles. The number of anilines is 1. The summed E-state index contributed by atoms with van der Waals surface area (Å²) in [5.74, 6) is 1.45. The van der Waals surface area contributed by atoms with Crippen molar-refractivity contribution in [2.45, 2.75) is 37.8 Å². The first-order valence-electron chi connectivity index (χ1n) is 6.85. The first kappa shape index (κ1) is 12.8. The molecule has 2 aromatic heterocycles. The lowest BCUT2D eigenvalue weighted by atomic mass is 9.93. The summed E-state index contributed by atoms with van der Waals surface area (Å²) < 4.78 is 5.82. The van der Waals surface area contributed by atoms with E-state index < -0.39 is 0 Å². The topological polar surface area (TPSA) is 72.8 Å². The molecular weight excluding hydrogens is 254 g/mol. The molecule has 20 heavy (non-hydrogen) atoms. The maximum atomic E-state index is 5.82. The molecule has 1 saturated carbocycles. The van der Waals surface area contributed by atoms with Crippen LogP contribution in [-0.2, 0) is 0 Å². The summed E-state index contributed by atoms with van der Waals surface area (Å²) in [5.41, 5.74) is 0. The zero-order valence-electron chi connectivity index (χ0n) is 11.1. The number of nitrogens with zero attached hydrogens (tertiary/aromatic N) is 4. The Morgan fingerprint density at radius 1 is 0.900 bits per heavy atom. The van der Waals surface area contributed by atoms with E-state index in [1.807, 2.05) is 0 Å². The zero-order valence-corrected chi connectivity index (χ0v) is 11.1. The third-order valence-corrected chi connectivity index (χ3v) is 3.42. The van der Waals surface area contributed by atoms with Gasteiger partial charge in [-0.05, 0) is 25.7 Å². The Morgan fingerprint density at radius 2 is 1.65 bits per heavy atom. The van der Waals surface area contributed by atoms with Crippen LogP contribution in [0.1, 0.15) is 25.7 Å². The van der Waals surface area contributed by atoms with E-state index in [2.05, 4.69) is 25.3 Å². The van der Waals surface area contributed by atoms with E-state index in [1.54, 1.807) is 37.2 Å². The average Bonchev–Trinajstić information content (AvgIpc) is 2.51. The van der Waals surface area contributed by atoms with E-state index in [0.29, 0.717) is 11.9 Å². The van der Waals surface area contributed by atoms with E-state index in [-0.39, 0.29) is 6.10 Å². The van der Waals surface area contributed by atoms with Crippen molar-refractivity contribution in [3.63, 3.8) is 0 Å². The van der Waals surface area contributed by atoms with Crippen LogP contribution in [0.5, 0.6) is 5.88 Å². The number of hydrogen-bond acceptors (Lipinski definition) is 6. The fourth-order valence-electron chi connectivity index (χ4n) is 2.42. The molecule has 0 amide bonds. The van der Waals surface area contributed by atoms with Gasteiger partial charge in [-0.25, -0.2) is 9.97 Å². The van der Waals surface area contributed by atoms with Gasteiger partial charge < -0.3 is 10.1 Å². The van der Waals surface area contributed by atoms with Gasteiger partial charge in [0.05, 0.1) is 12.4 Å². The summed E-state index contributed by atoms with van der Waals surface area (Å²) >= 11 is 0. The van der Waals surface area contributed by atoms with Crippen LogP contribution in [0.4, 0.5) is 5.82 Å². The summed E-state index contributed by atoms with van der Waals surface area (Å²) in [7, 11) is 0. The van der Waals surface area contributed by atoms with Crippen molar-refractivity contribution >= 4 is 5.82 Å². The quantitative estimate of drug-likeness (QED) is 0.917. The molecule has 0 aromatic carbocycles. The standard InChI is InChI=1S/C14H17N5O/c1-3-12(20-14-10-16-6-8-18-14)4-2-11(1)19-13-9-15-5-7-17-13/h5-12H,1-4H2,(H,17,19). The summed E-state index contributed by atoms with van der Waals surface area (Å²) in [6, 6.07) is 0.438. The second-order valence-corrected chi connectivity index (χ2v) is 4.87. The van der Waals surface area contributed by atoms with Crippen LogP contribution in [0.15, 0.2) is 37.2 Å². The molecule has 2 heterocycles. The second-order valence-electron chi connectivity index (χ2n) is 4.87. The average molecular weight is 271 g/mol. The highest BCUT2D eigenvalue weighted by molar-refractivity contribution is 5.31. The normalized spacial score (nSPS) is 22.2. The minimum absolute atomic E-state index is 0.228. The van der Waals surface area contributed by atoms with Gasteiger partial charge in [0, 0.05) is 30.8 Å². The molecule has 0 aliphatic heterocycles. The van der Waals surface area contributed by atoms with Crippen molar-refractivity contribution in [1.82, 2.24) is 19.9 Å². The molecule has 2 aromatic rings. The predicted octanol–water partition coefficient (Wildman–Crippen LogP) is 2.07. The fourth-order valence-corrected chi connectivity index (χ4v) is 2.42. The summed E-state index contributed by atoms with van der Waals surface area (Å²) in [4.78, 5) is 16.4. The van der Waals surface area contributed by atoms with Crippen molar-refractivity contribution < 1.29 is 4.74 Å². The molecule has 3 rings (SSSR count). The van der Waals surface area contributed by atoms with E-state index in [9.17, 15) is 0 Å². The van der Waals surface area contributed by atoms with E-state index in [4.69, 9.17) is 4.74 Å². The van der Waals surface area contributed by atoms with Gasteiger partial charge >= 0.3 is 0 Å². The fraction of sp³-hybridized carbons (Fsp3) is 0.429. The molecule has 0 bridgehead atoms. The van der Waals surface area contributed by atoms with Crippen molar-refractivity contribution in [2.75, 3.05) is 5.32 Å². The number of ether oxygens (including phenoxy) is 1. The number of aromatic nitrogens is 4. The summed E-state index contributed by atoms with van der Waals surface area (Å²) in [5, 5.41) is 3.41. The van der Waals surface area contributed by atoms with Gasteiger partial charge in [-0.3, -0.25) is 9.97 Å². The Kier molecular flexibility index (Phi) is 4.01. The lowest BCUT2D eigenvalue weighted by Crippen LogP contribution is -2.31. The minimum Gasteiger partial charge on any atom is -0.473 e. The Morgan fingerprint density at radius 3 is 2.30 bits per heavy atom. The monoisotopic (exact) mass is 271 g/mol. The molecule has 0 radical (unpaired) electrons. The molecule has 1 aliphatic rings. The maximum Gasteiger partial charge on any atom is 0.232 e. The molecule has 104 valence electrons. The Bertz CT molecular complexity index is 464. The smallest absolute Gasteiger partial charge is 0.232 e. The summed E-state index contributed by atoms with van der Waals surface area (Å²) in [6.07, 6.45) is 14.4. The molecule has 1 N–H and O–H groups in total. The van der Waals surface area contributed by atoms with Crippen LogP contribution >= 0.6 is 0 Å². The Labute approximate surface area is 117 Å². The third-order valence-electron chi connectivity index (χ3n) is 3.42. The van der Waals surface area contributed by atoms with Crippen molar-refractivity contribution in [1.29, 1.82) is 0 Å². The molecule has 0 spiro atoms. The lowest BCUT2D eigenvalue weighted by Gasteiger charge is -2.29. The lowest BCUT2D eigenvalue weighted by molar-refractivity contribution is 0.143. The van der Waals surface area contributed by atoms with Crippen LogP contribution in [0, 0.1) is 0 Å². The van der Waals surface area contributed by atoms with E-state index in [1.165, 1.54) is 0 Å². The molecular formula is C14H17N5O. The SMILES string of the molecule is c1cnc(NC2CCC(Oc3cnccn3)CC2)cn1. The van der Waals surface area contributed by atoms with Gasteiger partial charge in [0.2, 0.25) is 5.88 Å². The van der Waals surface area contributed by atoms with Crippen molar-refractivity contribution in [2.24, 2.45) is 0 Å². The number of rotatable bonds is 4. The molecule has 0 unspecified atom stereocenters. The Balaban J connectivity index is 1.47.